The van der Waals surface area contributed by atoms with Gasteiger partial charge >= 0.3 is 17.9 Å². The molecule has 0 saturated carbocycles. The smallest absolute Gasteiger partial charge is 0.305 e. The molecule has 0 aromatic heterocycles. The van der Waals surface area contributed by atoms with Crippen LogP contribution in [0.3, 0.4) is 0 Å². The van der Waals surface area contributed by atoms with Gasteiger partial charge in [0.05, 0.1) is 6.54 Å². The fraction of sp³-hybridized carbons (Fsp3) is 0.895. The van der Waals surface area contributed by atoms with Crippen LogP contribution in [0, 0.1) is 0 Å². The molecule has 0 rings (SSSR count). The van der Waals surface area contributed by atoms with Crippen LogP contribution >= 0.6 is 0 Å². The van der Waals surface area contributed by atoms with Crippen molar-refractivity contribution in [3.05, 3.63) is 0 Å². The Hall–Kier alpha value is -2.12. The second kappa shape index (κ2) is 35.7. The van der Waals surface area contributed by atoms with Crippen LogP contribution in [0.4, 0.5) is 0 Å². The quantitative estimate of drug-likeness (QED) is 0.0449. The molecule has 46 heavy (non-hydrogen) atoms. The van der Waals surface area contributed by atoms with Crippen LogP contribution in [0.5, 0.6) is 0 Å². The van der Waals surface area contributed by atoms with E-state index < -0.39 is 11.9 Å². The van der Waals surface area contributed by atoms with E-state index in [4.69, 9.17) is 14.9 Å². The first-order valence-corrected chi connectivity index (χ1v) is 19.3. The Balaban J connectivity index is 3.27. The molecule has 270 valence electrons. The average Bonchev–Trinajstić information content (AvgIpc) is 3.02. The van der Waals surface area contributed by atoms with Gasteiger partial charge in [0.15, 0.2) is 0 Å². The zero-order valence-corrected chi connectivity index (χ0v) is 29.5. The third-order valence-electron chi connectivity index (χ3n) is 8.75. The van der Waals surface area contributed by atoms with Crippen molar-refractivity contribution in [2.24, 2.45) is 0 Å². The molecule has 0 aliphatic rings. The highest BCUT2D eigenvalue weighted by Gasteiger charge is 2.05. The number of unbranched alkanes of at least 4 members (excludes halogenated alkanes) is 26. The number of carboxylic acids is 2. The summed E-state index contributed by atoms with van der Waals surface area (Å²) in [5.41, 5.74) is 0. The summed E-state index contributed by atoms with van der Waals surface area (Å²) in [5, 5.41) is 20.1. The Morgan fingerprint density at radius 2 is 0.630 bits per heavy atom. The molecule has 0 aromatic carbocycles. The maximum Gasteiger partial charge on any atom is 0.305 e. The molecule has 1 amide bonds. The summed E-state index contributed by atoms with van der Waals surface area (Å²) in [6, 6.07) is 0. The van der Waals surface area contributed by atoms with Crippen molar-refractivity contribution in [1.29, 1.82) is 0 Å². The van der Waals surface area contributed by atoms with Crippen molar-refractivity contribution in [2.75, 3.05) is 13.2 Å². The molecule has 0 aromatic rings. The Kier molecular flexibility index (Phi) is 34.1. The van der Waals surface area contributed by atoms with Gasteiger partial charge < -0.3 is 20.3 Å². The van der Waals surface area contributed by atoms with Crippen molar-refractivity contribution in [3.8, 4) is 0 Å². The van der Waals surface area contributed by atoms with E-state index >= 15 is 0 Å². The maximum atomic E-state index is 12.0. The van der Waals surface area contributed by atoms with Gasteiger partial charge in [-0.25, -0.2) is 0 Å². The summed E-state index contributed by atoms with van der Waals surface area (Å²) >= 11 is 0. The highest BCUT2D eigenvalue weighted by molar-refractivity contribution is 5.75. The maximum absolute atomic E-state index is 12.0. The summed E-state index contributed by atoms with van der Waals surface area (Å²) in [4.78, 5) is 44.9. The molecule has 3 N–H and O–H groups in total. The first-order valence-electron chi connectivity index (χ1n) is 19.3. The van der Waals surface area contributed by atoms with Crippen LogP contribution in [0.1, 0.15) is 205 Å². The molecule has 0 aliphatic carbocycles. The van der Waals surface area contributed by atoms with Crippen molar-refractivity contribution >= 4 is 23.8 Å². The molecule has 0 atom stereocenters. The van der Waals surface area contributed by atoms with Gasteiger partial charge in [0, 0.05) is 25.7 Å². The Labute approximate surface area is 281 Å². The average molecular weight is 654 g/mol. The third kappa shape index (κ3) is 38.1. The zero-order valence-electron chi connectivity index (χ0n) is 29.5. The van der Waals surface area contributed by atoms with Gasteiger partial charge in [-0.2, -0.15) is 0 Å². The Bertz CT molecular complexity index is 668. The van der Waals surface area contributed by atoms with Crippen LogP contribution in [0.2, 0.25) is 0 Å². The number of carbonyl (C=O) groups excluding carboxylic acids is 2. The van der Waals surface area contributed by atoms with Gasteiger partial charge in [-0.15, -0.1) is 0 Å². The van der Waals surface area contributed by atoms with Gasteiger partial charge in [0.25, 0.3) is 0 Å². The predicted octanol–water partition coefficient (Wildman–Crippen LogP) is 10.3. The molecule has 0 aliphatic heterocycles. The molecule has 8 heteroatoms. The Morgan fingerprint density at radius 3 is 0.935 bits per heavy atom. The number of ether oxygens (including phenoxy) is 1. The highest BCUT2D eigenvalue weighted by atomic mass is 16.5. The number of hydrogen-bond donors (Lipinski definition) is 3. The molecule has 8 nitrogen and oxygen atoms in total. The van der Waals surface area contributed by atoms with Gasteiger partial charge in [0.2, 0.25) is 5.91 Å². The van der Waals surface area contributed by atoms with Crippen molar-refractivity contribution in [1.82, 2.24) is 5.32 Å². The summed E-state index contributed by atoms with van der Waals surface area (Å²) < 4.78 is 5.26. The molecule has 0 spiro atoms. The van der Waals surface area contributed by atoms with E-state index in [1.165, 1.54) is 116 Å². The predicted molar refractivity (Wildman–Crippen MR) is 187 cm³/mol. The van der Waals surface area contributed by atoms with E-state index in [0.717, 1.165) is 64.2 Å². The molecule has 0 heterocycles. The summed E-state index contributed by atoms with van der Waals surface area (Å²) in [6.45, 7) is 0.643. The van der Waals surface area contributed by atoms with Crippen molar-refractivity contribution < 1.29 is 34.1 Å². The number of nitrogens with one attached hydrogen (secondary N) is 1. The first-order chi connectivity index (χ1) is 22.4. The summed E-state index contributed by atoms with van der Waals surface area (Å²) in [7, 11) is 0. The van der Waals surface area contributed by atoms with Crippen molar-refractivity contribution in [3.63, 3.8) is 0 Å². The molecular weight excluding hydrogens is 582 g/mol. The summed E-state index contributed by atoms with van der Waals surface area (Å²) in [6.07, 6.45) is 34.3. The van der Waals surface area contributed by atoms with Gasteiger partial charge in [-0.1, -0.05) is 154 Å². The monoisotopic (exact) mass is 654 g/mol. The van der Waals surface area contributed by atoms with E-state index in [1.54, 1.807) is 0 Å². The van der Waals surface area contributed by atoms with E-state index in [1.807, 2.05) is 0 Å². The van der Waals surface area contributed by atoms with Gasteiger partial charge in [-0.05, 0) is 25.7 Å². The first kappa shape index (κ1) is 43.9. The highest BCUT2D eigenvalue weighted by Crippen LogP contribution is 2.15. The molecule has 0 bridgehead atoms. The number of hydrogen-bond acceptors (Lipinski definition) is 5. The SMILES string of the molecule is O=C(O)CCCCCCCCCCCCCCCCC(=O)NCCOC(=O)CCCCCCCCCCCCCCCCC(=O)O. The minimum absolute atomic E-state index is 0.0444. The largest absolute Gasteiger partial charge is 0.481 e. The van der Waals surface area contributed by atoms with E-state index in [9.17, 15) is 19.2 Å². The lowest BCUT2D eigenvalue weighted by Gasteiger charge is -2.07. The lowest BCUT2D eigenvalue weighted by Crippen LogP contribution is -2.27. The lowest BCUT2D eigenvalue weighted by atomic mass is 10.0. The fourth-order valence-corrected chi connectivity index (χ4v) is 5.87. The van der Waals surface area contributed by atoms with Crippen LogP contribution in [0.15, 0.2) is 0 Å². The number of esters is 1. The number of amides is 1. The molecular formula is C38H71NO7. The minimum atomic E-state index is -0.685. The third-order valence-corrected chi connectivity index (χ3v) is 8.75. The molecule has 0 saturated heterocycles. The van der Waals surface area contributed by atoms with Crippen molar-refractivity contribution in [2.45, 2.75) is 205 Å². The second-order valence-electron chi connectivity index (χ2n) is 13.3. The van der Waals surface area contributed by atoms with Gasteiger partial charge in [0.1, 0.15) is 6.61 Å². The standard InChI is InChI=1S/C38H71NO7/c40-35(29-25-21-17-13-9-5-1-2-6-10-14-18-22-26-30-36(41)42)39-33-34-46-38(45)32-28-24-20-16-12-8-4-3-7-11-15-19-23-27-31-37(43)44/h1-34H2,(H,39,40)(H,41,42)(H,43,44). The molecule has 0 fully saturated rings. The topological polar surface area (TPSA) is 130 Å². The number of carboxylic acid groups (broad SMARTS) is 2. The fourth-order valence-electron chi connectivity index (χ4n) is 5.87. The lowest BCUT2D eigenvalue weighted by molar-refractivity contribution is -0.144. The minimum Gasteiger partial charge on any atom is -0.481 e. The van der Waals surface area contributed by atoms with E-state index in [0.29, 0.717) is 32.2 Å². The number of rotatable bonds is 37. The summed E-state index contributed by atoms with van der Waals surface area (Å²) in [5.74, 6) is -1.49. The normalized spacial score (nSPS) is 11.0. The van der Waals surface area contributed by atoms with Crippen LogP contribution in [-0.2, 0) is 23.9 Å². The second-order valence-corrected chi connectivity index (χ2v) is 13.3. The number of carbonyl (C=O) groups is 4. The Morgan fingerprint density at radius 1 is 0.370 bits per heavy atom. The molecule has 0 radical (unpaired) electrons. The van der Waals surface area contributed by atoms with Crippen LogP contribution in [-0.4, -0.2) is 47.2 Å². The van der Waals surface area contributed by atoms with E-state index in [2.05, 4.69) is 5.32 Å². The number of aliphatic carboxylic acids is 2. The van der Waals surface area contributed by atoms with Crippen LogP contribution < -0.4 is 5.32 Å². The molecule has 0 unspecified atom stereocenters. The van der Waals surface area contributed by atoms with Crippen LogP contribution in [0.25, 0.3) is 0 Å². The van der Waals surface area contributed by atoms with Gasteiger partial charge in [-0.3, -0.25) is 19.2 Å². The van der Waals surface area contributed by atoms with E-state index in [-0.39, 0.29) is 18.5 Å². The zero-order chi connectivity index (χ0) is 33.8.